The van der Waals surface area contributed by atoms with Gasteiger partial charge in [0.1, 0.15) is 0 Å². The van der Waals surface area contributed by atoms with Crippen LogP contribution in [-0.4, -0.2) is 78.5 Å². The summed E-state index contributed by atoms with van der Waals surface area (Å²) in [6, 6.07) is 0. The molecule has 3 rings (SSSR count). The molecule has 1 aromatic rings. The minimum absolute atomic E-state index is 0.211. The van der Waals surface area contributed by atoms with Crippen LogP contribution in [-0.2, 0) is 4.79 Å². The highest BCUT2D eigenvalue weighted by molar-refractivity contribution is 5.78. The third-order valence-electron chi connectivity index (χ3n) is 4.69. The molecular formula is C16H25FN6O. The van der Waals surface area contributed by atoms with Gasteiger partial charge in [0, 0.05) is 46.3 Å². The number of rotatable bonds is 4. The van der Waals surface area contributed by atoms with Crippen LogP contribution in [0, 0.1) is 5.82 Å². The molecule has 0 atom stereocenters. The molecular weight excluding hydrogens is 311 g/mol. The van der Waals surface area contributed by atoms with E-state index in [1.54, 1.807) is 7.05 Å². The molecule has 2 fully saturated rings. The Morgan fingerprint density at radius 1 is 1.17 bits per heavy atom. The van der Waals surface area contributed by atoms with Crippen LogP contribution < -0.4 is 10.2 Å². The molecule has 1 amide bonds. The van der Waals surface area contributed by atoms with E-state index >= 15 is 0 Å². The lowest BCUT2D eigenvalue weighted by Crippen LogP contribution is -2.51. The van der Waals surface area contributed by atoms with Gasteiger partial charge in [-0.3, -0.25) is 9.69 Å². The van der Waals surface area contributed by atoms with Crippen LogP contribution in [0.2, 0.25) is 0 Å². The number of piperazine rings is 1. The van der Waals surface area contributed by atoms with Gasteiger partial charge in [-0.15, -0.1) is 0 Å². The van der Waals surface area contributed by atoms with Crippen LogP contribution in [0.3, 0.4) is 0 Å². The summed E-state index contributed by atoms with van der Waals surface area (Å²) < 4.78 is 13.5. The van der Waals surface area contributed by atoms with E-state index in [-0.39, 0.29) is 11.7 Å². The predicted molar refractivity (Wildman–Crippen MR) is 90.6 cm³/mol. The minimum Gasteiger partial charge on any atom is -0.371 e. The highest BCUT2D eigenvalue weighted by Gasteiger charge is 2.24. The lowest BCUT2D eigenvalue weighted by atomic mass is 10.1. The number of aromatic nitrogens is 2. The summed E-state index contributed by atoms with van der Waals surface area (Å²) in [7, 11) is 1.64. The third kappa shape index (κ3) is 3.92. The number of nitrogens with zero attached hydrogens (tertiary/aromatic N) is 5. The number of anilines is 2. The zero-order valence-corrected chi connectivity index (χ0v) is 14.2. The molecule has 1 N–H and O–H groups in total. The molecule has 0 spiro atoms. The lowest BCUT2D eigenvalue weighted by molar-refractivity contribution is -0.133. The van der Waals surface area contributed by atoms with Crippen molar-refractivity contribution in [1.29, 1.82) is 0 Å². The summed E-state index contributed by atoms with van der Waals surface area (Å²) in [5.41, 5.74) is 0. The van der Waals surface area contributed by atoms with E-state index in [4.69, 9.17) is 0 Å². The molecule has 2 aliphatic heterocycles. The Bertz CT molecular complexity index is 570. The predicted octanol–water partition coefficient (Wildman–Crippen LogP) is 0.792. The lowest BCUT2D eigenvalue weighted by Gasteiger charge is -2.36. The Morgan fingerprint density at radius 3 is 2.54 bits per heavy atom. The zero-order valence-electron chi connectivity index (χ0n) is 14.2. The highest BCUT2D eigenvalue weighted by Crippen LogP contribution is 2.16. The van der Waals surface area contributed by atoms with E-state index in [9.17, 15) is 9.18 Å². The Labute approximate surface area is 141 Å². The summed E-state index contributed by atoms with van der Waals surface area (Å²) in [4.78, 5) is 26.8. The van der Waals surface area contributed by atoms with Gasteiger partial charge >= 0.3 is 0 Å². The molecule has 2 saturated heterocycles. The molecule has 1 aromatic heterocycles. The molecule has 0 bridgehead atoms. The number of carbonyl (C=O) groups is 1. The maximum absolute atomic E-state index is 13.5. The van der Waals surface area contributed by atoms with E-state index in [1.807, 2.05) is 9.80 Å². The van der Waals surface area contributed by atoms with Gasteiger partial charge in [-0.1, -0.05) is 0 Å². The summed E-state index contributed by atoms with van der Waals surface area (Å²) in [5.74, 6) is 0.524. The normalized spacial score (nSPS) is 19.4. The highest BCUT2D eigenvalue weighted by atomic mass is 19.1. The van der Waals surface area contributed by atoms with Crippen molar-refractivity contribution in [2.75, 3.05) is 63.1 Å². The first kappa shape index (κ1) is 16.9. The van der Waals surface area contributed by atoms with Gasteiger partial charge in [-0.2, -0.15) is 4.98 Å². The number of halogens is 1. The van der Waals surface area contributed by atoms with Gasteiger partial charge in [0.05, 0.1) is 12.7 Å². The number of hydrogen-bond donors (Lipinski definition) is 1. The van der Waals surface area contributed by atoms with Crippen LogP contribution in [0.1, 0.15) is 19.3 Å². The molecule has 24 heavy (non-hydrogen) atoms. The van der Waals surface area contributed by atoms with Crippen molar-refractivity contribution >= 4 is 17.7 Å². The van der Waals surface area contributed by atoms with Gasteiger partial charge in [-0.25, -0.2) is 9.37 Å². The molecule has 0 radical (unpaired) electrons. The summed E-state index contributed by atoms with van der Waals surface area (Å²) in [5, 5.41) is 2.73. The Kier molecular flexibility index (Phi) is 5.44. The first-order chi connectivity index (χ1) is 11.7. The van der Waals surface area contributed by atoms with Crippen LogP contribution in [0.4, 0.5) is 16.2 Å². The average Bonchev–Trinajstić information content (AvgIpc) is 2.63. The fourth-order valence-corrected chi connectivity index (χ4v) is 3.23. The van der Waals surface area contributed by atoms with Gasteiger partial charge in [0.15, 0.2) is 11.6 Å². The van der Waals surface area contributed by atoms with Crippen molar-refractivity contribution in [3.63, 3.8) is 0 Å². The van der Waals surface area contributed by atoms with Crippen LogP contribution in [0.15, 0.2) is 6.20 Å². The maximum Gasteiger partial charge on any atom is 0.236 e. The summed E-state index contributed by atoms with van der Waals surface area (Å²) in [6.07, 6.45) is 4.67. The topological polar surface area (TPSA) is 64.6 Å². The molecule has 0 unspecified atom stereocenters. The Morgan fingerprint density at radius 2 is 1.88 bits per heavy atom. The van der Waals surface area contributed by atoms with E-state index in [1.165, 1.54) is 12.6 Å². The second kappa shape index (κ2) is 7.74. The number of nitrogens with one attached hydrogen (secondary N) is 1. The second-order valence-electron chi connectivity index (χ2n) is 6.32. The van der Waals surface area contributed by atoms with Gasteiger partial charge in [-0.05, 0) is 19.3 Å². The second-order valence-corrected chi connectivity index (χ2v) is 6.32. The van der Waals surface area contributed by atoms with Crippen LogP contribution in [0.25, 0.3) is 0 Å². The zero-order chi connectivity index (χ0) is 16.9. The summed E-state index contributed by atoms with van der Waals surface area (Å²) in [6.45, 7) is 5.33. The van der Waals surface area contributed by atoms with Gasteiger partial charge in [0.2, 0.25) is 11.9 Å². The number of hydrogen-bond acceptors (Lipinski definition) is 6. The van der Waals surface area contributed by atoms with Crippen molar-refractivity contribution < 1.29 is 9.18 Å². The Hall–Kier alpha value is -1.96. The number of piperidine rings is 1. The van der Waals surface area contributed by atoms with E-state index in [0.717, 1.165) is 52.1 Å². The first-order valence-electron chi connectivity index (χ1n) is 8.63. The fraction of sp³-hybridized carbons (Fsp3) is 0.688. The number of amides is 1. The van der Waals surface area contributed by atoms with Crippen molar-refractivity contribution in [2.24, 2.45) is 0 Å². The SMILES string of the molecule is CNc1nc(N2CCN(CC(=O)N3CCCCC3)CC2)ncc1F. The third-order valence-corrected chi connectivity index (χ3v) is 4.69. The smallest absolute Gasteiger partial charge is 0.236 e. The molecule has 3 heterocycles. The molecule has 0 aromatic carbocycles. The largest absolute Gasteiger partial charge is 0.371 e. The van der Waals surface area contributed by atoms with Crippen molar-refractivity contribution in [2.45, 2.75) is 19.3 Å². The van der Waals surface area contributed by atoms with Crippen molar-refractivity contribution in [3.05, 3.63) is 12.0 Å². The standard InChI is InChI=1S/C16H25FN6O/c1-18-15-13(17)11-19-16(20-15)23-9-7-21(8-10-23)12-14(24)22-5-3-2-4-6-22/h11H,2-10,12H2,1H3,(H,18,19,20). The molecule has 2 aliphatic rings. The average molecular weight is 336 g/mol. The Balaban J connectivity index is 1.51. The van der Waals surface area contributed by atoms with E-state index in [2.05, 4.69) is 20.2 Å². The fourth-order valence-electron chi connectivity index (χ4n) is 3.23. The molecule has 0 aliphatic carbocycles. The van der Waals surface area contributed by atoms with Crippen molar-refractivity contribution in [1.82, 2.24) is 19.8 Å². The van der Waals surface area contributed by atoms with Crippen LogP contribution >= 0.6 is 0 Å². The molecule has 8 heteroatoms. The van der Waals surface area contributed by atoms with Gasteiger partial charge < -0.3 is 15.1 Å². The van der Waals surface area contributed by atoms with Crippen LogP contribution in [0.5, 0.6) is 0 Å². The maximum atomic E-state index is 13.5. The molecule has 7 nitrogen and oxygen atoms in total. The van der Waals surface area contributed by atoms with E-state index in [0.29, 0.717) is 12.5 Å². The first-order valence-corrected chi connectivity index (χ1v) is 8.63. The molecule has 0 saturated carbocycles. The molecule has 132 valence electrons. The van der Waals surface area contributed by atoms with Gasteiger partial charge in [0.25, 0.3) is 0 Å². The number of likely N-dealkylation sites (tertiary alicyclic amines) is 1. The number of carbonyl (C=O) groups excluding carboxylic acids is 1. The minimum atomic E-state index is -0.452. The summed E-state index contributed by atoms with van der Waals surface area (Å²) >= 11 is 0. The van der Waals surface area contributed by atoms with E-state index < -0.39 is 5.82 Å². The monoisotopic (exact) mass is 336 g/mol. The quantitative estimate of drug-likeness (QED) is 0.877. The van der Waals surface area contributed by atoms with Crippen molar-refractivity contribution in [3.8, 4) is 0 Å².